The van der Waals surface area contributed by atoms with Crippen LogP contribution in [0.5, 0.6) is 23.0 Å². The molecule has 14 rings (SSSR count). The number of nitrogens with zero attached hydrogens (tertiary/aromatic N) is 3. The van der Waals surface area contributed by atoms with Crippen molar-refractivity contribution >= 4 is 99.3 Å². The third kappa shape index (κ3) is 17.0. The molecule has 4 aliphatic heterocycles. The number of allylic oxidation sites excluding steroid dienone is 2. The highest BCUT2D eigenvalue weighted by Crippen LogP contribution is 2.48. The summed E-state index contributed by atoms with van der Waals surface area (Å²) in [6.07, 6.45) is 15.5. The van der Waals surface area contributed by atoms with Crippen molar-refractivity contribution in [3.63, 3.8) is 0 Å². The van der Waals surface area contributed by atoms with Gasteiger partial charge in [0.1, 0.15) is 62.1 Å². The summed E-state index contributed by atoms with van der Waals surface area (Å²) in [5, 5.41) is 16.9. The number of sulfonamides is 3. The SMILES string of the molecule is COc1ccc2c(O[C@@H]3C[C@@H](C(=O)N[C@@]45C[C@H]4/C=C\CCCCCNc4ccccc4S(=O)(=O)NC5=O)N(S(C)(=O)=O)C3)cc(-c3ccccc3)nc2c1.COc1ccc2c(O[C@H]3CN[C@H](C(=O)N[C@@]45C[C@H]4/C=C\CCCCCNc4ccccc4S(=O)(=O)NC5=O)C3)cc(-c3ccccc3)nc2c1.Cl. The van der Waals surface area contributed by atoms with Gasteiger partial charge in [-0.3, -0.25) is 19.2 Å². The van der Waals surface area contributed by atoms with Crippen LogP contribution in [0.15, 0.2) is 192 Å². The van der Waals surface area contributed by atoms with E-state index in [4.69, 9.17) is 28.9 Å². The average Bonchev–Trinajstić information content (AvgIpc) is 1.57. The van der Waals surface area contributed by atoms with E-state index >= 15 is 0 Å². The molecule has 6 aliphatic rings. The van der Waals surface area contributed by atoms with Crippen LogP contribution in [-0.2, 0) is 49.2 Å². The molecule has 2 saturated heterocycles. The number of methoxy groups -OCH3 is 2. The zero-order chi connectivity index (χ0) is 72.8. The molecule has 24 nitrogen and oxygen atoms in total. The quantitative estimate of drug-likeness (QED) is 0.0528. The molecule has 7 N–H and O–H groups in total. The molecule has 8 atom stereocenters. The number of rotatable bonds is 13. The van der Waals surface area contributed by atoms with Gasteiger partial charge in [-0.05, 0) is 99.9 Å². The molecule has 0 unspecified atom stereocenters. The van der Waals surface area contributed by atoms with E-state index in [1.54, 1.807) is 68.8 Å². The summed E-state index contributed by atoms with van der Waals surface area (Å²) in [7, 11) is -9.33. The summed E-state index contributed by atoms with van der Waals surface area (Å²) >= 11 is 0. The minimum absolute atomic E-state index is 0. The first kappa shape index (κ1) is 75.1. The van der Waals surface area contributed by atoms with Crippen LogP contribution in [0.2, 0.25) is 0 Å². The monoisotopic (exact) mass is 1500 g/mol. The lowest BCUT2D eigenvalue weighted by molar-refractivity contribution is -0.131. The molecule has 28 heteroatoms. The number of benzene rings is 6. The molecule has 2 aliphatic carbocycles. The lowest BCUT2D eigenvalue weighted by Gasteiger charge is -2.25. The zero-order valence-corrected chi connectivity index (χ0v) is 61.6. The van der Waals surface area contributed by atoms with Crippen molar-refractivity contribution in [2.75, 3.05) is 57.3 Å². The molecule has 8 aromatic rings. The standard InChI is InChI=1S/C39H43N5O8S2.C38H41N5O6S.ClH/c1-51-28-18-19-30-33(21-28)41-32(26-13-7-6-8-14-26)23-35(30)52-29-22-34(44(25-29)53(2,47)48)37(45)42-39-24-27(39)15-9-4-3-5-12-20-40-31-16-10-11-17-36(31)54(49,50)43-38(39)46;1-48-27-17-18-29-32(20-27)41-31(25-12-6-5-7-13-25)22-34(29)49-28-21-33(40-24-28)36(44)42-38-23-26(38)14-8-3-2-4-11-19-39-30-15-9-10-16-35(30)50(46,47)43-37(38)45;/h6-11,13-19,21,23,27,29,34,40H,3-5,12,20,22,24-25H2,1-2H3,(H,42,45)(H,43,46);5-10,12-18,20,22,26,28,33,39-40H,2-4,11,19,21,23-24H2,1H3,(H,42,44)(H,43,45);1H/b15-9-;14-8-;/t27-,29-,34+,39+;26-,28-,33+,38+;/m11./s1. The van der Waals surface area contributed by atoms with Crippen molar-refractivity contribution in [2.24, 2.45) is 11.8 Å². The van der Waals surface area contributed by atoms with Crippen LogP contribution in [0.1, 0.15) is 77.0 Å². The van der Waals surface area contributed by atoms with E-state index < -0.39 is 83.0 Å². The van der Waals surface area contributed by atoms with Crippen LogP contribution in [0.25, 0.3) is 44.3 Å². The van der Waals surface area contributed by atoms with Gasteiger partial charge in [0.2, 0.25) is 21.8 Å². The molecule has 0 bridgehead atoms. The number of carbonyl (C=O) groups is 4. The molecule has 6 aromatic carbocycles. The van der Waals surface area contributed by atoms with Crippen LogP contribution in [0.4, 0.5) is 11.4 Å². The largest absolute Gasteiger partial charge is 0.497 e. The Labute approximate surface area is 617 Å². The second kappa shape index (κ2) is 32.0. The first-order valence-corrected chi connectivity index (χ1v) is 39.8. The van der Waals surface area contributed by atoms with E-state index in [0.717, 1.165) is 89.7 Å². The second-order valence-electron chi connectivity index (χ2n) is 27.1. The fourth-order valence-electron chi connectivity index (χ4n) is 14.0. The lowest BCUT2D eigenvalue weighted by atomic mass is 10.1. The van der Waals surface area contributed by atoms with E-state index in [-0.39, 0.29) is 59.5 Å². The Balaban J connectivity index is 0.000000196. The number of hydrogen-bond donors (Lipinski definition) is 7. The zero-order valence-electron chi connectivity index (χ0n) is 58.3. The maximum absolute atomic E-state index is 14.2. The smallest absolute Gasteiger partial charge is 0.266 e. The number of anilines is 2. The fourth-order valence-corrected chi connectivity index (χ4v) is 17.6. The third-order valence-corrected chi connectivity index (χ3v) is 23.9. The molecular formula is C77H85ClN10O14S3. The van der Waals surface area contributed by atoms with Gasteiger partial charge in [0.05, 0.1) is 66.9 Å². The van der Waals surface area contributed by atoms with Crippen molar-refractivity contribution in [1.29, 1.82) is 0 Å². The number of halogens is 1. The maximum atomic E-state index is 14.2. The van der Waals surface area contributed by atoms with E-state index in [2.05, 4.69) is 36.0 Å². The first-order chi connectivity index (χ1) is 50.1. The molecule has 6 heterocycles. The maximum Gasteiger partial charge on any atom is 0.266 e. The minimum Gasteiger partial charge on any atom is -0.497 e. The molecular weight excluding hydrogens is 1420 g/mol. The van der Waals surface area contributed by atoms with Crippen molar-refractivity contribution in [3.8, 4) is 45.5 Å². The Bertz CT molecular complexity index is 4980. The molecule has 105 heavy (non-hydrogen) atoms. The topological polar surface area (TPSA) is 321 Å². The first-order valence-electron chi connectivity index (χ1n) is 35.0. The van der Waals surface area contributed by atoms with Crippen LogP contribution >= 0.6 is 12.4 Å². The van der Waals surface area contributed by atoms with Crippen molar-refractivity contribution in [1.82, 2.24) is 39.7 Å². The van der Waals surface area contributed by atoms with E-state index in [0.29, 0.717) is 83.4 Å². The molecule has 2 aromatic heterocycles. The van der Waals surface area contributed by atoms with Gasteiger partial charge in [0, 0.05) is 90.5 Å². The van der Waals surface area contributed by atoms with Gasteiger partial charge in [-0.1, -0.05) is 122 Å². The molecule has 4 fully saturated rings. The van der Waals surface area contributed by atoms with Gasteiger partial charge in [-0.2, -0.15) is 4.31 Å². The summed E-state index contributed by atoms with van der Waals surface area (Å²) in [6, 6.07) is 45.1. The highest BCUT2D eigenvalue weighted by Gasteiger charge is 2.63. The number of carbonyl (C=O) groups excluding carboxylic acids is 4. The number of aromatic nitrogens is 2. The van der Waals surface area contributed by atoms with Crippen molar-refractivity contribution in [3.05, 3.63) is 182 Å². The predicted octanol–water partition coefficient (Wildman–Crippen LogP) is 9.98. The van der Waals surface area contributed by atoms with Crippen LogP contribution in [0, 0.1) is 11.8 Å². The number of fused-ring (bicyclic) bond motifs is 6. The molecule has 4 amide bonds. The Morgan fingerprint density at radius 2 is 1.02 bits per heavy atom. The molecule has 552 valence electrons. The minimum atomic E-state index is -4.35. The number of amides is 4. The number of nitrogens with one attached hydrogen (secondary N) is 7. The van der Waals surface area contributed by atoms with Crippen LogP contribution in [0.3, 0.4) is 0 Å². The van der Waals surface area contributed by atoms with Crippen LogP contribution < -0.4 is 55.0 Å². The average molecular weight is 1510 g/mol. The summed E-state index contributed by atoms with van der Waals surface area (Å²) in [4.78, 5) is 65.3. The lowest BCUT2D eigenvalue weighted by Crippen LogP contribution is -2.56. The summed E-state index contributed by atoms with van der Waals surface area (Å²) in [5.74, 6) is -1.19. The summed E-state index contributed by atoms with van der Waals surface area (Å²) in [6.45, 7) is 1.46. The van der Waals surface area contributed by atoms with Gasteiger partial charge < -0.3 is 45.5 Å². The van der Waals surface area contributed by atoms with E-state index in [1.807, 2.05) is 115 Å². The Hall–Kier alpha value is -9.64. The Kier molecular flexibility index (Phi) is 22.9. The van der Waals surface area contributed by atoms with E-state index in [9.17, 15) is 44.4 Å². The molecule has 0 spiro atoms. The highest BCUT2D eigenvalue weighted by atomic mass is 35.5. The number of ether oxygens (including phenoxy) is 4. The van der Waals surface area contributed by atoms with Crippen LogP contribution in [-0.4, -0.2) is 145 Å². The normalized spacial score (nSPS) is 25.0. The summed E-state index contributed by atoms with van der Waals surface area (Å²) in [5.41, 5.74) is 2.32. The van der Waals surface area contributed by atoms with Gasteiger partial charge in [0.15, 0.2) is 0 Å². The summed E-state index contributed by atoms with van der Waals surface area (Å²) < 4.78 is 110. The van der Waals surface area contributed by atoms with Gasteiger partial charge >= 0.3 is 0 Å². The van der Waals surface area contributed by atoms with Gasteiger partial charge in [-0.25, -0.2) is 44.7 Å². The van der Waals surface area contributed by atoms with E-state index in [1.165, 1.54) is 12.1 Å². The Morgan fingerprint density at radius 3 is 1.50 bits per heavy atom. The molecule has 0 radical (unpaired) electrons. The number of pyridine rings is 2. The van der Waals surface area contributed by atoms with Gasteiger partial charge in [-0.15, -0.1) is 12.4 Å². The second-order valence-corrected chi connectivity index (χ2v) is 32.3. The molecule has 2 saturated carbocycles. The fraction of sp³-hybridized carbons (Fsp3) is 0.351. The number of para-hydroxylation sites is 2. The van der Waals surface area contributed by atoms with Crippen molar-refractivity contribution < 1.29 is 63.4 Å². The number of hydrogen-bond acceptors (Lipinski definition) is 19. The Morgan fingerprint density at radius 1 is 0.562 bits per heavy atom. The van der Waals surface area contributed by atoms with Gasteiger partial charge in [0.25, 0.3) is 31.9 Å². The highest BCUT2D eigenvalue weighted by molar-refractivity contribution is 7.90. The predicted molar refractivity (Wildman–Crippen MR) is 404 cm³/mol. The third-order valence-electron chi connectivity index (χ3n) is 19.8. The van der Waals surface area contributed by atoms with Crippen molar-refractivity contribution in [2.45, 2.75) is 122 Å².